The van der Waals surface area contributed by atoms with Crippen LogP contribution in [-0.4, -0.2) is 34.4 Å². The number of carbonyl (C=O) groups is 1. The van der Waals surface area contributed by atoms with E-state index in [4.69, 9.17) is 4.74 Å². The number of carbonyl (C=O) groups excluding carboxylic acids is 1. The second kappa shape index (κ2) is 5.63. The first-order chi connectivity index (χ1) is 10.6. The zero-order valence-electron chi connectivity index (χ0n) is 12.9. The van der Waals surface area contributed by atoms with Gasteiger partial charge in [-0.25, -0.2) is 9.48 Å². The molecule has 1 aromatic heterocycles. The van der Waals surface area contributed by atoms with Gasteiger partial charge in [0.05, 0.1) is 12.2 Å². The van der Waals surface area contributed by atoms with E-state index in [1.165, 1.54) is 6.33 Å². The van der Waals surface area contributed by atoms with Gasteiger partial charge in [-0.3, -0.25) is 0 Å². The fraction of sp³-hybridized carbons (Fsp3) is 0.312. The minimum absolute atomic E-state index is 0.318. The third-order valence-corrected chi connectivity index (χ3v) is 3.88. The molecule has 0 aliphatic carbocycles. The van der Waals surface area contributed by atoms with Crippen LogP contribution in [0.4, 0.5) is 5.95 Å². The van der Waals surface area contributed by atoms with Crippen LogP contribution in [0.1, 0.15) is 25.5 Å². The molecule has 6 heteroatoms. The number of nitrogens with zero attached hydrogens (tertiary/aromatic N) is 4. The molecule has 2 heterocycles. The van der Waals surface area contributed by atoms with Crippen LogP contribution in [0.3, 0.4) is 0 Å². The maximum absolute atomic E-state index is 12.5. The van der Waals surface area contributed by atoms with Crippen LogP contribution in [0.2, 0.25) is 0 Å². The molecule has 1 aromatic carbocycles. The zero-order valence-corrected chi connectivity index (χ0v) is 12.9. The van der Waals surface area contributed by atoms with Gasteiger partial charge in [0.2, 0.25) is 5.95 Å². The summed E-state index contributed by atoms with van der Waals surface area (Å²) in [6, 6.07) is 9.47. The van der Waals surface area contributed by atoms with Gasteiger partial charge in [0.25, 0.3) is 0 Å². The van der Waals surface area contributed by atoms with E-state index in [1.807, 2.05) is 49.2 Å². The number of aromatic nitrogens is 3. The first-order valence-electron chi connectivity index (χ1n) is 7.21. The molecule has 1 aliphatic rings. The van der Waals surface area contributed by atoms with Crippen molar-refractivity contribution in [3.05, 3.63) is 53.5 Å². The molecule has 0 unspecified atom stereocenters. The van der Waals surface area contributed by atoms with E-state index >= 15 is 0 Å². The van der Waals surface area contributed by atoms with E-state index in [0.29, 0.717) is 18.1 Å². The molecule has 0 bridgehead atoms. The minimum atomic E-state index is -0.325. The van der Waals surface area contributed by atoms with Gasteiger partial charge in [0.15, 0.2) is 0 Å². The fourth-order valence-corrected chi connectivity index (χ4v) is 2.73. The third kappa shape index (κ3) is 2.16. The van der Waals surface area contributed by atoms with Gasteiger partial charge < -0.3 is 9.64 Å². The molecule has 22 heavy (non-hydrogen) atoms. The monoisotopic (exact) mass is 298 g/mol. The molecule has 1 atom stereocenters. The van der Waals surface area contributed by atoms with Gasteiger partial charge >= 0.3 is 5.97 Å². The predicted molar refractivity (Wildman–Crippen MR) is 82.3 cm³/mol. The number of fused-ring (bicyclic) bond motifs is 1. The SMILES string of the molecule is CCOC(=O)C1=C(C)N(C)c2ncnn2[C@H]1c1ccccc1. The lowest BCUT2D eigenvalue weighted by Crippen LogP contribution is -2.34. The van der Waals surface area contributed by atoms with E-state index in [-0.39, 0.29) is 12.0 Å². The number of ether oxygens (including phenoxy) is 1. The molecule has 0 spiro atoms. The molecule has 0 amide bonds. The number of allylic oxidation sites excluding steroid dienone is 1. The summed E-state index contributed by atoms with van der Waals surface area (Å²) in [5.74, 6) is 0.390. The van der Waals surface area contributed by atoms with Gasteiger partial charge in [-0.15, -0.1) is 0 Å². The Labute approximate surface area is 129 Å². The van der Waals surface area contributed by atoms with E-state index in [0.717, 1.165) is 11.3 Å². The van der Waals surface area contributed by atoms with Crippen molar-refractivity contribution in [1.82, 2.24) is 14.8 Å². The van der Waals surface area contributed by atoms with Crippen LogP contribution in [0.25, 0.3) is 0 Å². The van der Waals surface area contributed by atoms with E-state index < -0.39 is 0 Å². The van der Waals surface area contributed by atoms with E-state index in [2.05, 4.69) is 10.1 Å². The van der Waals surface area contributed by atoms with Crippen LogP contribution in [0, 0.1) is 0 Å². The van der Waals surface area contributed by atoms with Crippen molar-refractivity contribution in [3.8, 4) is 0 Å². The summed E-state index contributed by atoms with van der Waals surface area (Å²) in [5.41, 5.74) is 2.39. The van der Waals surface area contributed by atoms with Crippen LogP contribution in [0.5, 0.6) is 0 Å². The maximum Gasteiger partial charge on any atom is 0.338 e. The molecule has 1 aliphatic heterocycles. The Morgan fingerprint density at radius 2 is 2.05 bits per heavy atom. The van der Waals surface area contributed by atoms with Gasteiger partial charge in [-0.05, 0) is 19.4 Å². The lowest BCUT2D eigenvalue weighted by Gasteiger charge is -2.33. The maximum atomic E-state index is 12.5. The minimum Gasteiger partial charge on any atom is -0.463 e. The number of anilines is 1. The van der Waals surface area contributed by atoms with Crippen molar-refractivity contribution in [2.75, 3.05) is 18.6 Å². The number of hydrogen-bond donors (Lipinski definition) is 0. The highest BCUT2D eigenvalue weighted by Gasteiger charge is 2.36. The summed E-state index contributed by atoms with van der Waals surface area (Å²) in [5, 5.41) is 4.31. The highest BCUT2D eigenvalue weighted by atomic mass is 16.5. The Hall–Kier alpha value is -2.63. The Kier molecular flexibility index (Phi) is 3.66. The Morgan fingerprint density at radius 1 is 1.32 bits per heavy atom. The third-order valence-electron chi connectivity index (χ3n) is 3.88. The summed E-state index contributed by atoms with van der Waals surface area (Å²) >= 11 is 0. The van der Waals surface area contributed by atoms with Gasteiger partial charge in [-0.2, -0.15) is 10.1 Å². The van der Waals surface area contributed by atoms with Crippen molar-refractivity contribution in [1.29, 1.82) is 0 Å². The summed E-state index contributed by atoms with van der Waals surface area (Å²) in [7, 11) is 1.87. The molecular weight excluding hydrogens is 280 g/mol. The molecule has 6 nitrogen and oxygen atoms in total. The van der Waals surface area contributed by atoms with Crippen LogP contribution in [0.15, 0.2) is 47.9 Å². The molecule has 3 rings (SSSR count). The van der Waals surface area contributed by atoms with Crippen LogP contribution in [-0.2, 0) is 9.53 Å². The van der Waals surface area contributed by atoms with Crippen molar-refractivity contribution in [2.45, 2.75) is 19.9 Å². The summed E-state index contributed by atoms with van der Waals surface area (Å²) in [6.07, 6.45) is 1.50. The van der Waals surface area contributed by atoms with Crippen molar-refractivity contribution in [3.63, 3.8) is 0 Å². The van der Waals surface area contributed by atoms with Crippen LogP contribution < -0.4 is 4.90 Å². The highest BCUT2D eigenvalue weighted by molar-refractivity contribution is 5.92. The average molecular weight is 298 g/mol. The number of esters is 1. The molecule has 114 valence electrons. The number of rotatable bonds is 3. The molecule has 0 N–H and O–H groups in total. The normalized spacial score (nSPS) is 17.4. The largest absolute Gasteiger partial charge is 0.463 e. The Bertz CT molecular complexity index is 721. The van der Waals surface area contributed by atoms with E-state index in [1.54, 1.807) is 11.6 Å². The molecule has 0 fully saturated rings. The zero-order chi connectivity index (χ0) is 15.7. The van der Waals surface area contributed by atoms with Crippen LogP contribution >= 0.6 is 0 Å². The summed E-state index contributed by atoms with van der Waals surface area (Å²) < 4.78 is 7.02. The number of hydrogen-bond acceptors (Lipinski definition) is 5. The lowest BCUT2D eigenvalue weighted by atomic mass is 9.95. The van der Waals surface area contributed by atoms with Gasteiger partial charge in [0.1, 0.15) is 12.4 Å². The molecule has 0 radical (unpaired) electrons. The predicted octanol–water partition coefficient (Wildman–Crippen LogP) is 2.15. The van der Waals surface area contributed by atoms with Crippen molar-refractivity contribution in [2.24, 2.45) is 0 Å². The molecule has 2 aromatic rings. The topological polar surface area (TPSA) is 60.2 Å². The van der Waals surface area contributed by atoms with Crippen molar-refractivity contribution < 1.29 is 9.53 Å². The van der Waals surface area contributed by atoms with E-state index in [9.17, 15) is 4.79 Å². The lowest BCUT2D eigenvalue weighted by molar-refractivity contribution is -0.139. The molecular formula is C16H18N4O2. The average Bonchev–Trinajstić information content (AvgIpc) is 3.01. The van der Waals surface area contributed by atoms with Gasteiger partial charge in [-0.1, -0.05) is 30.3 Å². The smallest absolute Gasteiger partial charge is 0.338 e. The standard InChI is InChI=1S/C16H18N4O2/c1-4-22-15(21)13-11(2)19(3)16-17-10-18-20(16)14(13)12-8-6-5-7-9-12/h5-10,14H,4H2,1-3H3/t14-/m0/s1. The Morgan fingerprint density at radius 3 is 2.73 bits per heavy atom. The first kappa shape index (κ1) is 14.3. The first-order valence-corrected chi connectivity index (χ1v) is 7.21. The molecule has 0 saturated carbocycles. The molecule has 0 saturated heterocycles. The fourth-order valence-electron chi connectivity index (χ4n) is 2.73. The second-order valence-corrected chi connectivity index (χ2v) is 5.10. The highest BCUT2D eigenvalue weighted by Crippen LogP contribution is 2.37. The summed E-state index contributed by atoms with van der Waals surface area (Å²) in [6.45, 7) is 4.05. The van der Waals surface area contributed by atoms with Gasteiger partial charge in [0, 0.05) is 12.7 Å². The Balaban J connectivity index is 2.19. The quantitative estimate of drug-likeness (QED) is 0.813. The van der Waals surface area contributed by atoms with Crippen molar-refractivity contribution >= 4 is 11.9 Å². The number of benzene rings is 1. The second-order valence-electron chi connectivity index (χ2n) is 5.10. The summed E-state index contributed by atoms with van der Waals surface area (Å²) in [4.78, 5) is 18.7.